The summed E-state index contributed by atoms with van der Waals surface area (Å²) in [4.78, 5) is 4.45. The van der Waals surface area contributed by atoms with Gasteiger partial charge in [0.15, 0.2) is 11.0 Å². The van der Waals surface area contributed by atoms with Crippen molar-refractivity contribution in [3.63, 3.8) is 0 Å². The molecule has 158 valence electrons. The first-order valence-electron chi connectivity index (χ1n) is 9.65. The van der Waals surface area contributed by atoms with E-state index in [2.05, 4.69) is 19.9 Å². The first-order chi connectivity index (χ1) is 15.1. The Bertz CT molecular complexity index is 1260. The summed E-state index contributed by atoms with van der Waals surface area (Å²) >= 11 is 1.44. The third-order valence-electron chi connectivity index (χ3n) is 4.59. The minimum atomic E-state index is -3.54. The van der Waals surface area contributed by atoms with Gasteiger partial charge >= 0.3 is 0 Å². The van der Waals surface area contributed by atoms with Gasteiger partial charge in [0.05, 0.1) is 10.6 Å². The van der Waals surface area contributed by atoms with Crippen molar-refractivity contribution in [3.8, 4) is 17.1 Å². The Morgan fingerprint density at radius 1 is 0.968 bits per heavy atom. The minimum absolute atomic E-state index is 0.252. The number of para-hydroxylation sites is 1. The summed E-state index contributed by atoms with van der Waals surface area (Å²) in [6, 6.07) is 20.1. The third kappa shape index (κ3) is 4.84. The van der Waals surface area contributed by atoms with E-state index in [1.807, 2.05) is 47.9 Å². The Kier molecular flexibility index (Phi) is 6.45. The molecule has 0 radical (unpaired) electrons. The highest BCUT2D eigenvalue weighted by Crippen LogP contribution is 2.29. The highest BCUT2D eigenvalue weighted by molar-refractivity contribution is 7.99. The zero-order valence-electron chi connectivity index (χ0n) is 16.8. The first kappa shape index (κ1) is 21.2. The number of hydrogen-bond donors (Lipinski definition) is 1. The third-order valence-corrected chi connectivity index (χ3v) is 7.00. The maximum absolute atomic E-state index is 12.4. The van der Waals surface area contributed by atoms with Crippen LogP contribution in [0.25, 0.3) is 17.1 Å². The van der Waals surface area contributed by atoms with E-state index in [0.717, 1.165) is 16.8 Å². The van der Waals surface area contributed by atoms with Crippen molar-refractivity contribution < 1.29 is 8.42 Å². The lowest BCUT2D eigenvalue weighted by molar-refractivity contribution is 0.584. The molecule has 0 atom stereocenters. The molecule has 4 aromatic rings. The number of benzene rings is 2. The number of hydrogen-bond acceptors (Lipinski definition) is 6. The predicted octanol–water partition coefficient (Wildman–Crippen LogP) is 3.71. The van der Waals surface area contributed by atoms with Crippen molar-refractivity contribution in [3.05, 3.63) is 84.7 Å². The lowest BCUT2D eigenvalue weighted by atomic mass is 10.2. The molecule has 2 aromatic heterocycles. The predicted molar refractivity (Wildman–Crippen MR) is 122 cm³/mol. The molecule has 0 amide bonds. The van der Waals surface area contributed by atoms with Crippen LogP contribution in [0.2, 0.25) is 0 Å². The molecule has 0 aliphatic heterocycles. The minimum Gasteiger partial charge on any atom is -0.270 e. The van der Waals surface area contributed by atoms with Gasteiger partial charge in [-0.15, -0.1) is 10.2 Å². The summed E-state index contributed by atoms with van der Waals surface area (Å²) in [5.41, 5.74) is 2.91. The van der Waals surface area contributed by atoms with Crippen molar-refractivity contribution in [1.82, 2.24) is 24.5 Å². The monoisotopic (exact) mass is 451 g/mol. The molecule has 0 bridgehead atoms. The zero-order valence-corrected chi connectivity index (χ0v) is 18.5. The fourth-order valence-corrected chi connectivity index (χ4v) is 5.06. The Morgan fingerprint density at radius 3 is 2.48 bits per heavy atom. The molecule has 0 saturated carbocycles. The lowest BCUT2D eigenvalue weighted by Crippen LogP contribution is -2.26. The molecule has 0 aliphatic carbocycles. The number of rotatable bonds is 8. The van der Waals surface area contributed by atoms with Gasteiger partial charge < -0.3 is 0 Å². The molecule has 2 aromatic carbocycles. The van der Waals surface area contributed by atoms with Crippen LogP contribution in [0, 0.1) is 6.92 Å². The SMILES string of the molecule is Cc1ccccc1-n1c(SCCNS(=O)(=O)c2ccccc2)nnc1-c1cccnc1. The van der Waals surface area contributed by atoms with Gasteiger partial charge in [-0.05, 0) is 42.8 Å². The maximum Gasteiger partial charge on any atom is 0.240 e. The van der Waals surface area contributed by atoms with E-state index >= 15 is 0 Å². The fourth-order valence-electron chi connectivity index (χ4n) is 3.08. The standard InChI is InChI=1S/C22H21N5O2S2/c1-17-8-5-6-12-20(17)27-21(18-9-7-13-23-16-18)25-26-22(27)30-15-14-24-31(28,29)19-10-3-2-4-11-19/h2-13,16,24H,14-15H2,1H3. The largest absolute Gasteiger partial charge is 0.270 e. The van der Waals surface area contributed by atoms with Crippen molar-refractivity contribution in [2.75, 3.05) is 12.3 Å². The number of thioether (sulfide) groups is 1. The maximum atomic E-state index is 12.4. The van der Waals surface area contributed by atoms with Gasteiger partial charge in [-0.2, -0.15) is 0 Å². The Labute approximate surface area is 185 Å². The van der Waals surface area contributed by atoms with E-state index in [4.69, 9.17) is 0 Å². The van der Waals surface area contributed by atoms with Crippen LogP contribution in [0.5, 0.6) is 0 Å². The Hall–Kier alpha value is -3.01. The van der Waals surface area contributed by atoms with Gasteiger partial charge in [-0.3, -0.25) is 9.55 Å². The van der Waals surface area contributed by atoms with E-state index in [9.17, 15) is 8.42 Å². The average Bonchev–Trinajstić information content (AvgIpc) is 3.22. The summed E-state index contributed by atoms with van der Waals surface area (Å²) in [5, 5.41) is 9.45. The summed E-state index contributed by atoms with van der Waals surface area (Å²) < 4.78 is 29.4. The van der Waals surface area contributed by atoms with Crippen LogP contribution in [0.3, 0.4) is 0 Å². The molecular formula is C22H21N5O2S2. The van der Waals surface area contributed by atoms with Gasteiger partial charge in [0.2, 0.25) is 10.0 Å². The fraction of sp³-hybridized carbons (Fsp3) is 0.136. The number of sulfonamides is 1. The van der Waals surface area contributed by atoms with E-state index in [1.54, 1.807) is 42.7 Å². The highest BCUT2D eigenvalue weighted by Gasteiger charge is 2.18. The number of pyridine rings is 1. The van der Waals surface area contributed by atoms with Crippen LogP contribution < -0.4 is 4.72 Å². The van der Waals surface area contributed by atoms with Gasteiger partial charge in [0, 0.05) is 30.3 Å². The number of aryl methyl sites for hydroxylation is 1. The molecule has 0 spiro atoms. The van der Waals surface area contributed by atoms with Crippen LogP contribution in [0.15, 0.2) is 89.2 Å². The van der Waals surface area contributed by atoms with Crippen molar-refractivity contribution in [2.24, 2.45) is 0 Å². The van der Waals surface area contributed by atoms with Gasteiger partial charge in [0.25, 0.3) is 0 Å². The summed E-state index contributed by atoms with van der Waals surface area (Å²) in [7, 11) is -3.54. The summed E-state index contributed by atoms with van der Waals surface area (Å²) in [6.07, 6.45) is 3.47. The summed E-state index contributed by atoms with van der Waals surface area (Å²) in [6.45, 7) is 2.30. The van der Waals surface area contributed by atoms with Crippen LogP contribution >= 0.6 is 11.8 Å². The van der Waals surface area contributed by atoms with Crippen molar-refractivity contribution in [1.29, 1.82) is 0 Å². The van der Waals surface area contributed by atoms with Gasteiger partial charge in [0.1, 0.15) is 0 Å². The van der Waals surface area contributed by atoms with Gasteiger partial charge in [-0.1, -0.05) is 48.2 Å². The van der Waals surface area contributed by atoms with Crippen LogP contribution in [0.1, 0.15) is 5.56 Å². The second kappa shape index (κ2) is 9.42. The number of nitrogens with one attached hydrogen (secondary N) is 1. The molecule has 0 fully saturated rings. The molecule has 31 heavy (non-hydrogen) atoms. The molecule has 7 nitrogen and oxygen atoms in total. The van der Waals surface area contributed by atoms with E-state index in [1.165, 1.54) is 11.8 Å². The normalized spacial score (nSPS) is 11.5. The van der Waals surface area contributed by atoms with E-state index in [0.29, 0.717) is 16.7 Å². The highest BCUT2D eigenvalue weighted by atomic mass is 32.2. The Morgan fingerprint density at radius 2 is 1.74 bits per heavy atom. The first-order valence-corrected chi connectivity index (χ1v) is 12.1. The lowest BCUT2D eigenvalue weighted by Gasteiger charge is -2.13. The quantitative estimate of drug-likeness (QED) is 0.324. The second-order valence-electron chi connectivity index (χ2n) is 6.73. The number of aromatic nitrogens is 4. The average molecular weight is 452 g/mol. The molecule has 0 saturated heterocycles. The molecule has 0 unspecified atom stereocenters. The second-order valence-corrected chi connectivity index (χ2v) is 9.56. The molecule has 0 aliphatic rings. The molecule has 4 rings (SSSR count). The molecule has 2 heterocycles. The molecule has 9 heteroatoms. The summed E-state index contributed by atoms with van der Waals surface area (Å²) in [5.74, 6) is 1.19. The van der Waals surface area contributed by atoms with Crippen LogP contribution in [-0.2, 0) is 10.0 Å². The van der Waals surface area contributed by atoms with Crippen LogP contribution in [0.4, 0.5) is 0 Å². The van der Waals surface area contributed by atoms with E-state index in [-0.39, 0.29) is 11.4 Å². The molecule has 1 N–H and O–H groups in total. The molecular weight excluding hydrogens is 430 g/mol. The zero-order chi connectivity index (χ0) is 21.7. The van der Waals surface area contributed by atoms with Crippen LogP contribution in [-0.4, -0.2) is 40.5 Å². The smallest absolute Gasteiger partial charge is 0.240 e. The van der Waals surface area contributed by atoms with E-state index < -0.39 is 10.0 Å². The van der Waals surface area contributed by atoms with Gasteiger partial charge in [-0.25, -0.2) is 13.1 Å². The number of nitrogens with zero attached hydrogens (tertiary/aromatic N) is 4. The Balaban J connectivity index is 1.55. The topological polar surface area (TPSA) is 89.8 Å². The van der Waals surface area contributed by atoms with Crippen molar-refractivity contribution in [2.45, 2.75) is 17.0 Å². The van der Waals surface area contributed by atoms with Crippen molar-refractivity contribution >= 4 is 21.8 Å².